The third-order valence-electron chi connectivity index (χ3n) is 4.47. The van der Waals surface area contributed by atoms with E-state index in [-0.39, 0.29) is 23.9 Å². The van der Waals surface area contributed by atoms with Gasteiger partial charge in [-0.15, -0.1) is 0 Å². The van der Waals surface area contributed by atoms with E-state index in [1.54, 1.807) is 41.5 Å². The lowest BCUT2D eigenvalue weighted by Gasteiger charge is -2.23. The van der Waals surface area contributed by atoms with Gasteiger partial charge in [-0.2, -0.15) is 5.10 Å². The number of nitrogens with one attached hydrogen (secondary N) is 1. The molecule has 3 aromatic heterocycles. The average Bonchev–Trinajstić information content (AvgIpc) is 3.10. The highest BCUT2D eigenvalue weighted by Gasteiger charge is 2.31. The molecule has 0 saturated carbocycles. The molecule has 4 heterocycles. The highest BCUT2D eigenvalue weighted by atomic mass is 16.5. The molecule has 1 amide bonds. The maximum atomic E-state index is 12.3. The van der Waals surface area contributed by atoms with Crippen LogP contribution in [0.25, 0.3) is 0 Å². The van der Waals surface area contributed by atoms with Crippen LogP contribution in [0.3, 0.4) is 0 Å². The maximum absolute atomic E-state index is 12.3. The molecule has 4 rings (SSSR count). The molecule has 0 fully saturated rings. The lowest BCUT2D eigenvalue weighted by molar-refractivity contribution is -0.116. The summed E-state index contributed by atoms with van der Waals surface area (Å²) in [6.45, 7) is 0.492. The predicted molar refractivity (Wildman–Crippen MR) is 96.2 cm³/mol. The smallest absolute Gasteiger partial charge is 0.356 e. The van der Waals surface area contributed by atoms with E-state index in [9.17, 15) is 9.59 Å². The summed E-state index contributed by atoms with van der Waals surface area (Å²) >= 11 is 0. The highest BCUT2D eigenvalue weighted by Crippen LogP contribution is 2.36. The quantitative estimate of drug-likeness (QED) is 0.712. The van der Waals surface area contributed by atoms with Crippen LogP contribution in [0.2, 0.25) is 0 Å². The monoisotopic (exact) mass is 363 g/mol. The van der Waals surface area contributed by atoms with E-state index in [1.807, 2.05) is 12.1 Å². The molecule has 3 aromatic rings. The molecule has 27 heavy (non-hydrogen) atoms. The fourth-order valence-corrected chi connectivity index (χ4v) is 3.18. The molecule has 1 atom stereocenters. The van der Waals surface area contributed by atoms with Crippen molar-refractivity contribution in [3.8, 4) is 0 Å². The van der Waals surface area contributed by atoms with Crippen molar-refractivity contribution in [1.29, 1.82) is 0 Å². The van der Waals surface area contributed by atoms with Crippen LogP contribution in [0, 0.1) is 0 Å². The van der Waals surface area contributed by atoms with Crippen LogP contribution in [0.1, 0.15) is 39.6 Å². The minimum absolute atomic E-state index is 0.120. The zero-order valence-corrected chi connectivity index (χ0v) is 14.6. The maximum Gasteiger partial charge on any atom is 0.356 e. The number of rotatable bonds is 4. The number of fused-ring (bicyclic) bond motifs is 1. The Balaban J connectivity index is 1.70. The van der Waals surface area contributed by atoms with Crippen molar-refractivity contribution in [3.05, 3.63) is 71.4 Å². The lowest BCUT2D eigenvalue weighted by Crippen LogP contribution is -2.25. The summed E-state index contributed by atoms with van der Waals surface area (Å²) < 4.78 is 6.47. The summed E-state index contributed by atoms with van der Waals surface area (Å²) in [5.74, 6) is -0.262. The van der Waals surface area contributed by atoms with Crippen LogP contribution < -0.4 is 5.32 Å². The van der Waals surface area contributed by atoms with Crippen LogP contribution in [-0.4, -0.2) is 38.7 Å². The van der Waals surface area contributed by atoms with E-state index in [1.165, 1.54) is 7.11 Å². The zero-order valence-electron chi connectivity index (χ0n) is 14.6. The van der Waals surface area contributed by atoms with Gasteiger partial charge in [-0.1, -0.05) is 12.1 Å². The molecule has 0 saturated heterocycles. The number of anilines is 1. The number of carbonyl (C=O) groups is 2. The molecule has 0 aliphatic carbocycles. The van der Waals surface area contributed by atoms with Crippen molar-refractivity contribution >= 4 is 17.7 Å². The van der Waals surface area contributed by atoms with Gasteiger partial charge in [0.2, 0.25) is 5.91 Å². The van der Waals surface area contributed by atoms with Crippen LogP contribution in [-0.2, 0) is 16.1 Å². The molecule has 1 N–H and O–H groups in total. The van der Waals surface area contributed by atoms with Crippen molar-refractivity contribution in [2.45, 2.75) is 18.9 Å². The molecule has 0 spiro atoms. The molecule has 136 valence electrons. The number of pyridine rings is 2. The number of hydrogen-bond donors (Lipinski definition) is 1. The Bertz CT molecular complexity index is 1000. The van der Waals surface area contributed by atoms with Crippen molar-refractivity contribution in [3.63, 3.8) is 0 Å². The molecule has 8 heteroatoms. The number of ether oxygens (including phenoxy) is 1. The van der Waals surface area contributed by atoms with Crippen LogP contribution >= 0.6 is 0 Å². The van der Waals surface area contributed by atoms with E-state index in [0.717, 1.165) is 11.1 Å². The minimum Gasteiger partial charge on any atom is -0.464 e. The van der Waals surface area contributed by atoms with Crippen LogP contribution in [0.4, 0.5) is 5.82 Å². The van der Waals surface area contributed by atoms with E-state index in [0.29, 0.717) is 18.1 Å². The van der Waals surface area contributed by atoms with Gasteiger partial charge in [-0.25, -0.2) is 14.5 Å². The number of aromatic nitrogens is 4. The third kappa shape index (κ3) is 3.29. The number of amides is 1. The summed E-state index contributed by atoms with van der Waals surface area (Å²) in [5.41, 5.74) is 2.69. The summed E-state index contributed by atoms with van der Waals surface area (Å²) in [7, 11) is 1.31. The molecule has 0 radical (unpaired) electrons. The van der Waals surface area contributed by atoms with Crippen molar-refractivity contribution < 1.29 is 14.3 Å². The van der Waals surface area contributed by atoms with E-state index >= 15 is 0 Å². The van der Waals surface area contributed by atoms with Gasteiger partial charge in [0, 0.05) is 36.0 Å². The molecular formula is C19H17N5O3. The number of hydrogen-bond acceptors (Lipinski definition) is 6. The largest absolute Gasteiger partial charge is 0.464 e. The second kappa shape index (κ2) is 6.99. The topological polar surface area (TPSA) is 99.0 Å². The number of carbonyl (C=O) groups excluding carboxylic acids is 2. The van der Waals surface area contributed by atoms with Gasteiger partial charge < -0.3 is 10.1 Å². The van der Waals surface area contributed by atoms with Crippen molar-refractivity contribution in [2.75, 3.05) is 12.4 Å². The standard InChI is InChI=1S/C19H17N5O3/c1-27-19(26)16-6-2-5-15(22-16)13-8-17(25)23-18-14(13)10-21-24(18)11-12-4-3-7-20-9-12/h2-7,9-10,13H,8,11H2,1H3,(H,23,25). The van der Waals surface area contributed by atoms with E-state index in [4.69, 9.17) is 4.74 Å². The number of esters is 1. The Hall–Kier alpha value is -3.55. The SMILES string of the molecule is COC(=O)c1cccc(C2CC(=O)Nc3c2cnn3Cc2cccnc2)n1. The second-order valence-corrected chi connectivity index (χ2v) is 6.21. The summed E-state index contributed by atoms with van der Waals surface area (Å²) in [5, 5.41) is 7.33. The van der Waals surface area contributed by atoms with Crippen molar-refractivity contribution in [2.24, 2.45) is 0 Å². The molecule has 0 bridgehead atoms. The normalized spacial score (nSPS) is 15.7. The summed E-state index contributed by atoms with van der Waals surface area (Å²) in [4.78, 5) is 32.6. The van der Waals surface area contributed by atoms with Gasteiger partial charge >= 0.3 is 5.97 Å². The first-order valence-electron chi connectivity index (χ1n) is 8.45. The summed E-state index contributed by atoms with van der Waals surface area (Å²) in [6.07, 6.45) is 5.45. The molecule has 1 aliphatic heterocycles. The Kier molecular flexibility index (Phi) is 4.37. The lowest BCUT2D eigenvalue weighted by atomic mass is 9.90. The van der Waals surface area contributed by atoms with Gasteiger partial charge in [-0.3, -0.25) is 9.78 Å². The van der Waals surface area contributed by atoms with Gasteiger partial charge in [0.05, 0.1) is 19.9 Å². The fourth-order valence-electron chi connectivity index (χ4n) is 3.18. The molecule has 1 unspecified atom stereocenters. The first kappa shape index (κ1) is 16.9. The Morgan fingerprint density at radius 2 is 2.19 bits per heavy atom. The minimum atomic E-state index is -0.510. The fraction of sp³-hybridized carbons (Fsp3) is 0.211. The first-order chi connectivity index (χ1) is 13.2. The summed E-state index contributed by atoms with van der Waals surface area (Å²) in [6, 6.07) is 8.93. The first-order valence-corrected chi connectivity index (χ1v) is 8.45. The van der Waals surface area contributed by atoms with Gasteiger partial charge in [0.15, 0.2) is 0 Å². The highest BCUT2D eigenvalue weighted by molar-refractivity contribution is 5.94. The molecule has 0 aromatic carbocycles. The van der Waals surface area contributed by atoms with Gasteiger partial charge in [0.1, 0.15) is 11.5 Å². The Labute approximate surface area is 155 Å². The van der Waals surface area contributed by atoms with Crippen LogP contribution in [0.15, 0.2) is 48.9 Å². The number of methoxy groups -OCH3 is 1. The van der Waals surface area contributed by atoms with E-state index < -0.39 is 5.97 Å². The van der Waals surface area contributed by atoms with Gasteiger partial charge in [0.25, 0.3) is 0 Å². The molecule has 8 nitrogen and oxygen atoms in total. The van der Waals surface area contributed by atoms with Gasteiger partial charge in [-0.05, 0) is 23.8 Å². The third-order valence-corrected chi connectivity index (χ3v) is 4.47. The Morgan fingerprint density at radius 1 is 1.30 bits per heavy atom. The zero-order chi connectivity index (χ0) is 18.8. The van der Waals surface area contributed by atoms with Crippen molar-refractivity contribution in [1.82, 2.24) is 19.7 Å². The van der Waals surface area contributed by atoms with Crippen LogP contribution in [0.5, 0.6) is 0 Å². The second-order valence-electron chi connectivity index (χ2n) is 6.21. The Morgan fingerprint density at radius 3 is 2.96 bits per heavy atom. The predicted octanol–water partition coefficient (Wildman–Crippen LogP) is 1.98. The molecular weight excluding hydrogens is 346 g/mol. The van der Waals surface area contributed by atoms with E-state index in [2.05, 4.69) is 20.4 Å². The molecule has 1 aliphatic rings. The number of nitrogens with zero attached hydrogens (tertiary/aromatic N) is 4. The average molecular weight is 363 g/mol.